The van der Waals surface area contributed by atoms with Crippen LogP contribution in [0.4, 0.5) is 28.4 Å². The molecule has 0 saturated heterocycles. The summed E-state index contributed by atoms with van der Waals surface area (Å²) in [5.74, 6) is 0. The lowest BCUT2D eigenvalue weighted by Crippen LogP contribution is -2.01. The Hall–Kier alpha value is -4.06. The number of nitrogens with two attached hydrogens (primary N) is 1. The molecule has 3 aromatic carbocycles. The Labute approximate surface area is 184 Å². The molecule has 0 spiro atoms. The van der Waals surface area contributed by atoms with E-state index in [4.69, 9.17) is 5.73 Å². The average Bonchev–Trinajstić information content (AvgIpc) is 2.70. The third kappa shape index (κ3) is 4.75. The Morgan fingerprint density at radius 2 is 1.52 bits per heavy atom. The van der Waals surface area contributed by atoms with Crippen molar-refractivity contribution in [3.8, 4) is 0 Å². The van der Waals surface area contributed by atoms with Crippen molar-refractivity contribution in [3.05, 3.63) is 62.7 Å². The van der Waals surface area contributed by atoms with Crippen LogP contribution in [-0.2, 0) is 20.2 Å². The molecular weight excluding hydrogens is 486 g/mol. The van der Waals surface area contributed by atoms with Gasteiger partial charge in [0.2, 0.25) is 0 Å². The number of rotatable bonds is 6. The van der Waals surface area contributed by atoms with E-state index in [1.165, 1.54) is 12.1 Å². The lowest BCUT2D eigenvalue weighted by molar-refractivity contribution is -0.385. The van der Waals surface area contributed by atoms with Gasteiger partial charge < -0.3 is 5.73 Å². The first-order chi connectivity index (χ1) is 15.2. The Kier molecular flexibility index (Phi) is 5.81. The zero-order valence-electron chi connectivity index (χ0n) is 15.9. The van der Waals surface area contributed by atoms with Gasteiger partial charge >= 0.3 is 0 Å². The summed E-state index contributed by atoms with van der Waals surface area (Å²) in [6, 6.07) is 6.22. The minimum Gasteiger partial charge on any atom is -0.397 e. The number of benzene rings is 3. The van der Waals surface area contributed by atoms with Crippen LogP contribution in [0.1, 0.15) is 0 Å². The minimum absolute atomic E-state index is 0.0707. The maximum absolute atomic E-state index is 11.6. The average molecular weight is 497 g/mol. The topological polar surface area (TPSA) is 246 Å². The molecule has 33 heavy (non-hydrogen) atoms. The maximum atomic E-state index is 11.6. The van der Waals surface area contributed by atoms with Gasteiger partial charge in [0.25, 0.3) is 31.6 Å². The smallest absolute Gasteiger partial charge is 0.297 e. The number of non-ortho nitro benzene ring substituents is 2. The highest BCUT2D eigenvalue weighted by Gasteiger charge is 2.24. The van der Waals surface area contributed by atoms with Crippen LogP contribution in [0.25, 0.3) is 10.8 Å². The summed E-state index contributed by atoms with van der Waals surface area (Å²) in [5, 5.41) is 29.4. The fourth-order valence-electron chi connectivity index (χ4n) is 2.82. The first-order valence-electron chi connectivity index (χ1n) is 8.36. The van der Waals surface area contributed by atoms with Crippen LogP contribution in [0, 0.1) is 20.2 Å². The summed E-state index contributed by atoms with van der Waals surface area (Å²) in [7, 11) is -9.78. The summed E-state index contributed by atoms with van der Waals surface area (Å²) in [6.45, 7) is 0. The van der Waals surface area contributed by atoms with Crippen molar-refractivity contribution < 1.29 is 35.8 Å². The third-order valence-corrected chi connectivity index (χ3v) is 5.97. The highest BCUT2D eigenvalue weighted by atomic mass is 32.2. The number of nitro groups is 2. The van der Waals surface area contributed by atoms with Crippen molar-refractivity contribution in [1.82, 2.24) is 0 Å². The van der Waals surface area contributed by atoms with Crippen LogP contribution in [0.5, 0.6) is 0 Å². The van der Waals surface area contributed by atoms with Crippen molar-refractivity contribution in [2.24, 2.45) is 10.2 Å². The van der Waals surface area contributed by atoms with Crippen molar-refractivity contribution in [2.75, 3.05) is 5.73 Å². The fourth-order valence-corrected chi connectivity index (χ4v) is 4.00. The van der Waals surface area contributed by atoms with Crippen LogP contribution in [0.3, 0.4) is 0 Å². The molecule has 0 radical (unpaired) electrons. The van der Waals surface area contributed by atoms with Gasteiger partial charge in [-0.05, 0) is 23.6 Å². The highest BCUT2D eigenvalue weighted by Crippen LogP contribution is 2.41. The number of nitrogen functional groups attached to an aromatic ring is 1. The first kappa shape index (κ1) is 23.6. The molecule has 0 aromatic heterocycles. The van der Waals surface area contributed by atoms with Gasteiger partial charge in [0.1, 0.15) is 21.2 Å². The molecule has 172 valence electrons. The fraction of sp³-hybridized carbons (Fsp3) is 0. The van der Waals surface area contributed by atoms with Crippen molar-refractivity contribution in [1.29, 1.82) is 0 Å². The Bertz CT molecular complexity index is 1580. The van der Waals surface area contributed by atoms with Crippen LogP contribution in [0.15, 0.2) is 62.5 Å². The molecule has 0 atom stereocenters. The molecule has 15 nitrogen and oxygen atoms in total. The molecule has 0 heterocycles. The number of nitrogens with zero attached hydrogens (tertiary/aromatic N) is 4. The van der Waals surface area contributed by atoms with Crippen LogP contribution >= 0.6 is 0 Å². The van der Waals surface area contributed by atoms with Gasteiger partial charge in [-0.3, -0.25) is 29.3 Å². The maximum Gasteiger partial charge on any atom is 0.297 e. The summed E-state index contributed by atoms with van der Waals surface area (Å²) in [4.78, 5) is 18.9. The number of fused-ring (bicyclic) bond motifs is 1. The van der Waals surface area contributed by atoms with Crippen LogP contribution in [-0.4, -0.2) is 35.8 Å². The molecule has 0 fully saturated rings. The van der Waals surface area contributed by atoms with Gasteiger partial charge in [-0.25, -0.2) is 0 Å². The number of anilines is 1. The number of azo groups is 1. The van der Waals surface area contributed by atoms with E-state index in [-0.39, 0.29) is 22.1 Å². The molecule has 4 N–H and O–H groups in total. The summed E-state index contributed by atoms with van der Waals surface area (Å²) >= 11 is 0. The number of nitro benzene ring substituents is 2. The minimum atomic E-state index is -4.98. The molecule has 0 aliphatic rings. The van der Waals surface area contributed by atoms with Crippen molar-refractivity contribution in [2.45, 2.75) is 9.79 Å². The molecule has 0 aliphatic carbocycles. The number of hydrogen-bond acceptors (Lipinski definition) is 11. The zero-order valence-corrected chi connectivity index (χ0v) is 17.5. The summed E-state index contributed by atoms with van der Waals surface area (Å²) in [6.07, 6.45) is 0. The van der Waals surface area contributed by atoms with E-state index in [1.807, 2.05) is 0 Å². The Morgan fingerprint density at radius 1 is 0.848 bits per heavy atom. The molecule has 17 heteroatoms. The molecule has 3 rings (SSSR count). The lowest BCUT2D eigenvalue weighted by atomic mass is 10.1. The zero-order chi connectivity index (χ0) is 24.7. The van der Waals surface area contributed by atoms with E-state index in [1.54, 1.807) is 0 Å². The van der Waals surface area contributed by atoms with E-state index in [0.29, 0.717) is 12.1 Å². The number of hydrogen-bond donors (Lipinski definition) is 3. The first-order valence-corrected chi connectivity index (χ1v) is 11.2. The van der Waals surface area contributed by atoms with Gasteiger partial charge in [0.15, 0.2) is 0 Å². The second-order valence-corrected chi connectivity index (χ2v) is 9.17. The molecule has 3 aromatic rings. The molecule has 0 unspecified atom stereocenters. The molecule has 0 bridgehead atoms. The molecule has 0 saturated carbocycles. The molecule has 0 aliphatic heterocycles. The van der Waals surface area contributed by atoms with Crippen molar-refractivity contribution in [3.63, 3.8) is 0 Å². The Balaban J connectivity index is 2.31. The van der Waals surface area contributed by atoms with Gasteiger partial charge in [-0.1, -0.05) is 6.07 Å². The molecule has 0 amide bonds. The second-order valence-electron chi connectivity index (χ2n) is 6.36. The molecular formula is C16H11N5O10S2. The second kappa shape index (κ2) is 8.13. The largest absolute Gasteiger partial charge is 0.397 e. The quantitative estimate of drug-likeness (QED) is 0.147. The van der Waals surface area contributed by atoms with E-state index >= 15 is 0 Å². The summed E-state index contributed by atoms with van der Waals surface area (Å²) in [5.41, 5.74) is 3.28. The van der Waals surface area contributed by atoms with E-state index in [0.717, 1.165) is 18.2 Å². The predicted molar refractivity (Wildman–Crippen MR) is 112 cm³/mol. The summed E-state index contributed by atoms with van der Waals surface area (Å²) < 4.78 is 64.8. The van der Waals surface area contributed by atoms with Gasteiger partial charge in [0, 0.05) is 18.2 Å². The van der Waals surface area contributed by atoms with E-state index in [9.17, 15) is 46.2 Å². The van der Waals surface area contributed by atoms with Gasteiger partial charge in [0.05, 0.1) is 20.9 Å². The SMILES string of the molecule is Nc1ccc2cc(S(=O)(=O)O)cc([N+](=O)[O-])c2c1/N=N/c1ccc([N+](=O)[O-])cc1S(=O)(=O)O. The van der Waals surface area contributed by atoms with E-state index < -0.39 is 56.9 Å². The van der Waals surface area contributed by atoms with Crippen LogP contribution in [0.2, 0.25) is 0 Å². The third-order valence-electron chi connectivity index (χ3n) is 4.26. The highest BCUT2D eigenvalue weighted by molar-refractivity contribution is 7.86. The van der Waals surface area contributed by atoms with Gasteiger partial charge in [-0.15, -0.1) is 10.2 Å². The Morgan fingerprint density at radius 3 is 2.06 bits per heavy atom. The van der Waals surface area contributed by atoms with Gasteiger partial charge in [-0.2, -0.15) is 16.8 Å². The lowest BCUT2D eigenvalue weighted by Gasteiger charge is -2.08. The standard InChI is InChI=1S/C16H11N5O10S2/c17-11-3-1-8-5-10(32(26,27)28)7-13(21(24)25)15(8)16(11)19-18-12-4-2-9(20(22)23)6-14(12)33(29,30)31/h1-7H,17H2,(H,26,27,28)(H,29,30,31)/b19-18+. The van der Waals surface area contributed by atoms with E-state index in [2.05, 4.69) is 10.2 Å². The monoisotopic (exact) mass is 497 g/mol. The normalized spacial score (nSPS) is 12.3. The van der Waals surface area contributed by atoms with Crippen LogP contribution < -0.4 is 5.73 Å². The van der Waals surface area contributed by atoms with Crippen molar-refractivity contribution >= 4 is 59.4 Å². The predicted octanol–water partition coefficient (Wildman–Crippen LogP) is 3.15.